The molecule has 0 bridgehead atoms. The molecule has 0 saturated carbocycles. The van der Waals surface area contributed by atoms with Gasteiger partial charge in [-0.1, -0.05) is 6.07 Å². The van der Waals surface area contributed by atoms with Crippen LogP contribution in [0, 0.1) is 6.92 Å². The highest BCUT2D eigenvalue weighted by Crippen LogP contribution is 2.09. The van der Waals surface area contributed by atoms with E-state index in [1.165, 1.54) is 19.5 Å². The van der Waals surface area contributed by atoms with E-state index >= 15 is 0 Å². The molecule has 0 aliphatic carbocycles. The van der Waals surface area contributed by atoms with Crippen molar-refractivity contribution in [1.82, 2.24) is 15.0 Å². The summed E-state index contributed by atoms with van der Waals surface area (Å²) >= 11 is 0. The van der Waals surface area contributed by atoms with E-state index in [9.17, 15) is 4.79 Å². The van der Waals surface area contributed by atoms with Crippen molar-refractivity contribution < 1.29 is 9.53 Å². The minimum absolute atomic E-state index is 0.226. The van der Waals surface area contributed by atoms with E-state index in [0.717, 1.165) is 5.56 Å². The van der Waals surface area contributed by atoms with Gasteiger partial charge in [0.15, 0.2) is 0 Å². The van der Waals surface area contributed by atoms with Gasteiger partial charge in [0, 0.05) is 12.3 Å². The highest BCUT2D eigenvalue weighted by molar-refractivity contribution is 6.02. The number of rotatable bonds is 3. The van der Waals surface area contributed by atoms with Gasteiger partial charge in [0.25, 0.3) is 5.91 Å². The normalized spacial score (nSPS) is 9.89. The van der Waals surface area contributed by atoms with Gasteiger partial charge in [0.2, 0.25) is 5.88 Å². The predicted octanol–water partition coefficient (Wildman–Crippen LogP) is 1.44. The second-order valence-corrected chi connectivity index (χ2v) is 3.62. The summed E-state index contributed by atoms with van der Waals surface area (Å²) < 4.78 is 4.92. The summed E-state index contributed by atoms with van der Waals surface area (Å²) in [7, 11) is 1.48. The van der Waals surface area contributed by atoms with Crippen molar-refractivity contribution in [3.8, 4) is 5.88 Å². The molecule has 0 saturated heterocycles. The van der Waals surface area contributed by atoms with Gasteiger partial charge >= 0.3 is 0 Å². The summed E-state index contributed by atoms with van der Waals surface area (Å²) in [5.74, 6) is 0.460. The number of carbonyl (C=O) groups excluding carboxylic acids is 1. The molecule has 18 heavy (non-hydrogen) atoms. The molecule has 6 nitrogen and oxygen atoms in total. The fourth-order valence-electron chi connectivity index (χ4n) is 1.30. The van der Waals surface area contributed by atoms with E-state index in [1.807, 2.05) is 13.0 Å². The SMILES string of the molecule is COc1cc(C(=O)Nc2ccc(C)cn2)ncn1. The Hall–Kier alpha value is -2.50. The van der Waals surface area contributed by atoms with Gasteiger partial charge in [0.1, 0.15) is 17.8 Å². The lowest BCUT2D eigenvalue weighted by molar-refractivity contribution is 0.102. The van der Waals surface area contributed by atoms with E-state index in [-0.39, 0.29) is 11.6 Å². The van der Waals surface area contributed by atoms with Crippen LogP contribution in [0.25, 0.3) is 0 Å². The summed E-state index contributed by atoms with van der Waals surface area (Å²) in [6, 6.07) is 5.05. The number of anilines is 1. The minimum Gasteiger partial charge on any atom is -0.481 e. The number of pyridine rings is 1. The Kier molecular flexibility index (Phi) is 3.47. The summed E-state index contributed by atoms with van der Waals surface area (Å²) in [6.07, 6.45) is 2.95. The van der Waals surface area contributed by atoms with Crippen LogP contribution in [0.5, 0.6) is 5.88 Å². The average Bonchev–Trinajstić information content (AvgIpc) is 2.41. The molecular weight excluding hydrogens is 232 g/mol. The zero-order valence-corrected chi connectivity index (χ0v) is 10.0. The van der Waals surface area contributed by atoms with Crippen LogP contribution < -0.4 is 10.1 Å². The largest absolute Gasteiger partial charge is 0.481 e. The number of amides is 1. The second-order valence-electron chi connectivity index (χ2n) is 3.62. The van der Waals surface area contributed by atoms with Crippen molar-refractivity contribution in [2.24, 2.45) is 0 Å². The smallest absolute Gasteiger partial charge is 0.275 e. The van der Waals surface area contributed by atoms with Crippen molar-refractivity contribution in [2.75, 3.05) is 12.4 Å². The van der Waals surface area contributed by atoms with Crippen LogP contribution in [-0.4, -0.2) is 28.0 Å². The van der Waals surface area contributed by atoms with Crippen molar-refractivity contribution >= 4 is 11.7 Å². The summed E-state index contributed by atoms with van der Waals surface area (Å²) in [4.78, 5) is 23.6. The van der Waals surface area contributed by atoms with E-state index in [2.05, 4.69) is 20.3 Å². The standard InChI is InChI=1S/C12H12N4O2/c1-8-3-4-10(13-6-8)16-12(17)9-5-11(18-2)15-7-14-9/h3-7H,1-2H3,(H,13,16,17). The van der Waals surface area contributed by atoms with Gasteiger partial charge in [-0.15, -0.1) is 0 Å². The van der Waals surface area contributed by atoms with Gasteiger partial charge in [-0.2, -0.15) is 0 Å². The number of aryl methyl sites for hydroxylation is 1. The Bertz CT molecular complexity index is 554. The van der Waals surface area contributed by atoms with E-state index in [1.54, 1.807) is 12.3 Å². The molecule has 0 radical (unpaired) electrons. The maximum Gasteiger partial charge on any atom is 0.275 e. The van der Waals surface area contributed by atoms with E-state index in [4.69, 9.17) is 4.74 Å². The van der Waals surface area contributed by atoms with Crippen LogP contribution in [0.4, 0.5) is 5.82 Å². The summed E-state index contributed by atoms with van der Waals surface area (Å²) in [6.45, 7) is 1.92. The van der Waals surface area contributed by atoms with Gasteiger partial charge in [-0.3, -0.25) is 4.79 Å². The molecule has 2 aromatic heterocycles. The summed E-state index contributed by atoms with van der Waals surface area (Å²) in [5, 5.41) is 2.64. The molecular formula is C12H12N4O2. The van der Waals surface area contributed by atoms with Gasteiger partial charge in [0.05, 0.1) is 7.11 Å². The summed E-state index contributed by atoms with van der Waals surface area (Å²) in [5.41, 5.74) is 1.25. The minimum atomic E-state index is -0.355. The van der Waals surface area contributed by atoms with Crippen molar-refractivity contribution in [1.29, 1.82) is 0 Å². The quantitative estimate of drug-likeness (QED) is 0.884. The topological polar surface area (TPSA) is 77.0 Å². The van der Waals surface area contributed by atoms with Crippen LogP contribution in [0.1, 0.15) is 16.1 Å². The lowest BCUT2D eigenvalue weighted by Gasteiger charge is -2.04. The molecule has 0 unspecified atom stereocenters. The Balaban J connectivity index is 2.14. The van der Waals surface area contributed by atoms with Crippen LogP contribution >= 0.6 is 0 Å². The van der Waals surface area contributed by atoms with Crippen molar-refractivity contribution in [3.05, 3.63) is 42.0 Å². The first-order chi connectivity index (χ1) is 8.69. The van der Waals surface area contributed by atoms with E-state index < -0.39 is 0 Å². The first-order valence-corrected chi connectivity index (χ1v) is 5.29. The molecule has 1 amide bonds. The monoisotopic (exact) mass is 244 g/mol. The molecule has 1 N–H and O–H groups in total. The van der Waals surface area contributed by atoms with Crippen molar-refractivity contribution in [2.45, 2.75) is 6.92 Å². The number of hydrogen-bond donors (Lipinski definition) is 1. The lowest BCUT2D eigenvalue weighted by atomic mass is 10.3. The molecule has 0 spiro atoms. The number of carbonyl (C=O) groups is 1. The first-order valence-electron chi connectivity index (χ1n) is 5.29. The number of methoxy groups -OCH3 is 1. The maximum absolute atomic E-state index is 11.9. The third kappa shape index (κ3) is 2.79. The Morgan fingerprint density at radius 2 is 2.11 bits per heavy atom. The molecule has 0 aliphatic rings. The van der Waals surface area contributed by atoms with Crippen LogP contribution in [0.3, 0.4) is 0 Å². The predicted molar refractivity (Wildman–Crippen MR) is 65.5 cm³/mol. The number of hydrogen-bond acceptors (Lipinski definition) is 5. The molecule has 2 rings (SSSR count). The number of ether oxygens (including phenoxy) is 1. The fourth-order valence-corrected chi connectivity index (χ4v) is 1.30. The molecule has 0 atom stereocenters. The Labute approximate surface area is 104 Å². The Morgan fingerprint density at radius 1 is 1.28 bits per heavy atom. The highest BCUT2D eigenvalue weighted by Gasteiger charge is 2.09. The molecule has 2 aromatic rings. The van der Waals surface area contributed by atoms with Gasteiger partial charge < -0.3 is 10.1 Å². The van der Waals surface area contributed by atoms with Gasteiger partial charge in [-0.05, 0) is 18.6 Å². The highest BCUT2D eigenvalue weighted by atomic mass is 16.5. The molecule has 6 heteroatoms. The maximum atomic E-state index is 11.9. The molecule has 2 heterocycles. The Morgan fingerprint density at radius 3 is 2.78 bits per heavy atom. The first kappa shape index (κ1) is 12.0. The molecule has 0 aromatic carbocycles. The average molecular weight is 244 g/mol. The zero-order chi connectivity index (χ0) is 13.0. The molecule has 92 valence electrons. The second kappa shape index (κ2) is 5.22. The van der Waals surface area contributed by atoms with Crippen LogP contribution in [-0.2, 0) is 0 Å². The van der Waals surface area contributed by atoms with Gasteiger partial charge in [-0.25, -0.2) is 15.0 Å². The molecule has 0 aliphatic heterocycles. The van der Waals surface area contributed by atoms with E-state index in [0.29, 0.717) is 11.7 Å². The fraction of sp³-hybridized carbons (Fsp3) is 0.167. The zero-order valence-electron chi connectivity index (χ0n) is 10.0. The third-order valence-corrected chi connectivity index (χ3v) is 2.24. The van der Waals surface area contributed by atoms with Crippen LogP contribution in [0.15, 0.2) is 30.7 Å². The number of nitrogens with one attached hydrogen (secondary N) is 1. The molecule has 0 fully saturated rings. The third-order valence-electron chi connectivity index (χ3n) is 2.24. The van der Waals surface area contributed by atoms with Crippen LogP contribution in [0.2, 0.25) is 0 Å². The number of nitrogens with zero attached hydrogens (tertiary/aromatic N) is 3. The van der Waals surface area contributed by atoms with Crippen molar-refractivity contribution in [3.63, 3.8) is 0 Å². The lowest BCUT2D eigenvalue weighted by Crippen LogP contribution is -2.14. The number of aromatic nitrogens is 3.